The van der Waals surface area contributed by atoms with E-state index in [4.69, 9.17) is 18.9 Å². The van der Waals surface area contributed by atoms with Crippen LogP contribution in [0.15, 0.2) is 30.9 Å². The van der Waals surface area contributed by atoms with Crippen LogP contribution in [0.4, 0.5) is 4.79 Å². The first-order chi connectivity index (χ1) is 14.0. The number of fused-ring (bicyclic) bond motifs is 1. The Bertz CT molecular complexity index is 703. The Morgan fingerprint density at radius 1 is 1.24 bits per heavy atom. The average Bonchev–Trinajstić information content (AvgIpc) is 3.06. The zero-order valence-electron chi connectivity index (χ0n) is 17.7. The summed E-state index contributed by atoms with van der Waals surface area (Å²) in [6.07, 6.45) is 6.55. The number of rotatable bonds is 11. The summed E-state index contributed by atoms with van der Waals surface area (Å²) in [5.41, 5.74) is 1.98. The standard InChI is InChI=1S/C23H33NO5/c1-4-5-13-26-14-9-7-6-8-12-24-16-21(28-22(24)25)18-10-11-20-19(15-18)17-27-23(2,3)29-20/h4,10-11,15,21H,1,5-9,12-14,16-17H2,2-3H3/t21-/m0/s1. The van der Waals surface area contributed by atoms with E-state index in [0.29, 0.717) is 13.2 Å². The van der Waals surface area contributed by atoms with E-state index in [-0.39, 0.29) is 12.2 Å². The van der Waals surface area contributed by atoms with Crippen molar-refractivity contribution in [2.75, 3.05) is 26.3 Å². The summed E-state index contributed by atoms with van der Waals surface area (Å²) < 4.78 is 22.7. The van der Waals surface area contributed by atoms with Gasteiger partial charge in [0.2, 0.25) is 5.79 Å². The molecule has 1 aromatic carbocycles. The highest BCUT2D eigenvalue weighted by atomic mass is 16.7. The van der Waals surface area contributed by atoms with Gasteiger partial charge in [0.05, 0.1) is 13.2 Å². The second kappa shape index (κ2) is 10.1. The van der Waals surface area contributed by atoms with Crippen LogP contribution in [0.2, 0.25) is 0 Å². The largest absolute Gasteiger partial charge is 0.463 e. The van der Waals surface area contributed by atoms with Crippen molar-refractivity contribution < 1.29 is 23.7 Å². The third-order valence-electron chi connectivity index (χ3n) is 5.21. The summed E-state index contributed by atoms with van der Waals surface area (Å²) in [5, 5.41) is 0. The maximum absolute atomic E-state index is 12.2. The quantitative estimate of drug-likeness (QED) is 0.385. The van der Waals surface area contributed by atoms with Gasteiger partial charge in [0.25, 0.3) is 0 Å². The van der Waals surface area contributed by atoms with Gasteiger partial charge in [0.1, 0.15) is 11.9 Å². The van der Waals surface area contributed by atoms with Crippen molar-refractivity contribution in [2.24, 2.45) is 0 Å². The zero-order valence-corrected chi connectivity index (χ0v) is 17.7. The van der Waals surface area contributed by atoms with E-state index in [1.54, 1.807) is 4.90 Å². The highest BCUT2D eigenvalue weighted by molar-refractivity contribution is 5.70. The number of nitrogens with zero attached hydrogens (tertiary/aromatic N) is 1. The molecule has 2 heterocycles. The molecule has 2 aliphatic heterocycles. The molecule has 0 unspecified atom stereocenters. The van der Waals surface area contributed by atoms with E-state index < -0.39 is 5.79 Å². The molecule has 3 rings (SSSR count). The van der Waals surface area contributed by atoms with Crippen LogP contribution in [0.3, 0.4) is 0 Å². The van der Waals surface area contributed by atoms with Crippen molar-refractivity contribution in [2.45, 2.75) is 64.4 Å². The van der Waals surface area contributed by atoms with Gasteiger partial charge in [-0.3, -0.25) is 0 Å². The summed E-state index contributed by atoms with van der Waals surface area (Å²) >= 11 is 0. The lowest BCUT2D eigenvalue weighted by Crippen LogP contribution is -2.35. The molecule has 1 saturated heterocycles. The van der Waals surface area contributed by atoms with Gasteiger partial charge in [-0.15, -0.1) is 6.58 Å². The summed E-state index contributed by atoms with van der Waals surface area (Å²) in [6.45, 7) is 10.9. The summed E-state index contributed by atoms with van der Waals surface area (Å²) in [7, 11) is 0. The Morgan fingerprint density at radius 3 is 2.90 bits per heavy atom. The fourth-order valence-electron chi connectivity index (χ4n) is 3.55. The van der Waals surface area contributed by atoms with Gasteiger partial charge in [0, 0.05) is 39.2 Å². The van der Waals surface area contributed by atoms with E-state index in [9.17, 15) is 4.79 Å². The highest BCUT2D eigenvalue weighted by Gasteiger charge is 2.33. The molecule has 1 amide bonds. The molecule has 1 fully saturated rings. The predicted molar refractivity (Wildman–Crippen MR) is 111 cm³/mol. The van der Waals surface area contributed by atoms with E-state index in [2.05, 4.69) is 6.58 Å². The topological polar surface area (TPSA) is 57.2 Å². The molecular formula is C23H33NO5. The van der Waals surface area contributed by atoms with Crippen LogP contribution in [0, 0.1) is 0 Å². The number of carbonyl (C=O) groups excluding carboxylic acids is 1. The minimum atomic E-state index is -0.608. The smallest absolute Gasteiger partial charge is 0.410 e. The van der Waals surface area contributed by atoms with E-state index in [1.165, 1.54) is 0 Å². The number of ether oxygens (including phenoxy) is 4. The molecule has 2 aliphatic rings. The first-order valence-corrected chi connectivity index (χ1v) is 10.6. The van der Waals surface area contributed by atoms with Crippen LogP contribution in [-0.2, 0) is 20.8 Å². The fourth-order valence-corrected chi connectivity index (χ4v) is 3.55. The number of amides is 1. The lowest BCUT2D eigenvalue weighted by atomic mass is 10.0. The molecule has 0 bridgehead atoms. The molecule has 0 aliphatic carbocycles. The molecule has 1 aromatic rings. The molecule has 0 spiro atoms. The van der Waals surface area contributed by atoms with Gasteiger partial charge in [-0.2, -0.15) is 0 Å². The number of benzene rings is 1. The van der Waals surface area contributed by atoms with Gasteiger partial charge < -0.3 is 23.8 Å². The Morgan fingerprint density at radius 2 is 2.07 bits per heavy atom. The second-order valence-electron chi connectivity index (χ2n) is 8.08. The third kappa shape index (κ3) is 6.21. The van der Waals surface area contributed by atoms with Crippen molar-refractivity contribution in [1.82, 2.24) is 4.90 Å². The van der Waals surface area contributed by atoms with Crippen LogP contribution in [0.25, 0.3) is 0 Å². The lowest BCUT2D eigenvalue weighted by Gasteiger charge is -2.32. The van der Waals surface area contributed by atoms with Crippen LogP contribution in [0.5, 0.6) is 5.75 Å². The molecular weight excluding hydrogens is 370 g/mol. The maximum Gasteiger partial charge on any atom is 0.410 e. The minimum Gasteiger partial charge on any atom is -0.463 e. The number of hydrogen-bond acceptors (Lipinski definition) is 5. The molecule has 1 atom stereocenters. The number of hydrogen-bond donors (Lipinski definition) is 0. The third-order valence-corrected chi connectivity index (χ3v) is 5.21. The van der Waals surface area contributed by atoms with Gasteiger partial charge >= 0.3 is 6.09 Å². The van der Waals surface area contributed by atoms with Crippen molar-refractivity contribution in [3.8, 4) is 5.75 Å². The number of unbranched alkanes of at least 4 members (excludes halogenated alkanes) is 3. The molecule has 29 heavy (non-hydrogen) atoms. The summed E-state index contributed by atoms with van der Waals surface area (Å²) in [6, 6.07) is 5.95. The van der Waals surface area contributed by atoms with Crippen LogP contribution in [-0.4, -0.2) is 43.1 Å². The Labute approximate surface area is 173 Å². The summed E-state index contributed by atoms with van der Waals surface area (Å²) in [4.78, 5) is 14.0. The van der Waals surface area contributed by atoms with E-state index in [0.717, 1.165) is 68.7 Å². The monoisotopic (exact) mass is 403 g/mol. The van der Waals surface area contributed by atoms with Gasteiger partial charge in [0.15, 0.2) is 0 Å². The Kier molecular flexibility index (Phi) is 7.56. The predicted octanol–water partition coefficient (Wildman–Crippen LogP) is 4.98. The first-order valence-electron chi connectivity index (χ1n) is 10.6. The molecule has 6 heteroatoms. The number of carbonyl (C=O) groups is 1. The Hall–Kier alpha value is -2.05. The van der Waals surface area contributed by atoms with Crippen LogP contribution in [0.1, 0.15) is 63.2 Å². The van der Waals surface area contributed by atoms with E-state index >= 15 is 0 Å². The lowest BCUT2D eigenvalue weighted by molar-refractivity contribution is -0.180. The maximum atomic E-state index is 12.2. The minimum absolute atomic E-state index is 0.228. The molecule has 0 N–H and O–H groups in total. The molecule has 0 saturated carbocycles. The average molecular weight is 404 g/mol. The fraction of sp³-hybridized carbons (Fsp3) is 0.609. The normalized spacial score (nSPS) is 20.1. The van der Waals surface area contributed by atoms with Crippen molar-refractivity contribution in [3.63, 3.8) is 0 Å². The first kappa shape index (κ1) is 21.7. The molecule has 6 nitrogen and oxygen atoms in total. The second-order valence-corrected chi connectivity index (χ2v) is 8.08. The SMILES string of the molecule is C=CCCOCCCCCCN1C[C@@H](c2ccc3c(c2)COC(C)(C)O3)OC1=O. The highest BCUT2D eigenvalue weighted by Crippen LogP contribution is 2.35. The van der Waals surface area contributed by atoms with Gasteiger partial charge in [-0.05, 0) is 37.0 Å². The Balaban J connectivity index is 1.40. The van der Waals surface area contributed by atoms with Crippen molar-refractivity contribution in [1.29, 1.82) is 0 Å². The van der Waals surface area contributed by atoms with Crippen molar-refractivity contribution in [3.05, 3.63) is 42.0 Å². The van der Waals surface area contributed by atoms with Gasteiger partial charge in [-0.1, -0.05) is 25.0 Å². The van der Waals surface area contributed by atoms with Crippen LogP contribution >= 0.6 is 0 Å². The molecule has 0 radical (unpaired) electrons. The molecule has 0 aromatic heterocycles. The van der Waals surface area contributed by atoms with Gasteiger partial charge in [-0.25, -0.2) is 4.79 Å². The van der Waals surface area contributed by atoms with E-state index in [1.807, 2.05) is 38.1 Å². The molecule has 160 valence electrons. The van der Waals surface area contributed by atoms with Crippen LogP contribution < -0.4 is 4.74 Å². The van der Waals surface area contributed by atoms with Crippen molar-refractivity contribution >= 4 is 6.09 Å². The summed E-state index contributed by atoms with van der Waals surface area (Å²) in [5.74, 6) is 0.225. The number of cyclic esters (lactones) is 1. The zero-order chi connectivity index (χ0) is 20.7.